The lowest BCUT2D eigenvalue weighted by atomic mass is 10.0. The van der Waals surface area contributed by atoms with Crippen molar-refractivity contribution in [2.45, 2.75) is 19.8 Å². The van der Waals surface area contributed by atoms with E-state index < -0.39 is 0 Å². The minimum atomic E-state index is 0.447. The van der Waals surface area contributed by atoms with Gasteiger partial charge in [-0.2, -0.15) is 0 Å². The molecule has 0 saturated heterocycles. The van der Waals surface area contributed by atoms with Gasteiger partial charge in [0.25, 0.3) is 0 Å². The third kappa shape index (κ3) is 1.02. The van der Waals surface area contributed by atoms with E-state index in [1.807, 2.05) is 12.1 Å². The van der Waals surface area contributed by atoms with Gasteiger partial charge < -0.3 is 4.42 Å². The summed E-state index contributed by atoms with van der Waals surface area (Å²) in [4.78, 5) is 0. The van der Waals surface area contributed by atoms with Crippen molar-refractivity contribution < 1.29 is 5.79 Å². The highest BCUT2D eigenvalue weighted by Crippen LogP contribution is 2.26. The maximum absolute atomic E-state index is 7.51. The van der Waals surface area contributed by atoms with Gasteiger partial charge in [-0.15, -0.1) is 0 Å². The van der Waals surface area contributed by atoms with Crippen LogP contribution < -0.4 is 0 Å². The molecule has 0 N–H and O–H groups in total. The number of para-hydroxylation sites is 1. The van der Waals surface area contributed by atoms with Crippen LogP contribution in [0.5, 0.6) is 0 Å². The Morgan fingerprint density at radius 2 is 2.25 bits per heavy atom. The summed E-state index contributed by atoms with van der Waals surface area (Å²) in [5, 5.41) is 1.07. The molecule has 1 nitrogen and oxygen atoms in total. The Morgan fingerprint density at radius 1 is 1.42 bits per heavy atom. The van der Waals surface area contributed by atoms with Crippen molar-refractivity contribution >= 4 is 11.0 Å². The summed E-state index contributed by atoms with van der Waals surface area (Å²) in [6, 6.07) is 5.99. The summed E-state index contributed by atoms with van der Waals surface area (Å²) >= 11 is 0. The van der Waals surface area contributed by atoms with Crippen molar-refractivity contribution in [2.24, 2.45) is 0 Å². The van der Waals surface area contributed by atoms with Crippen LogP contribution in [0, 0.1) is 0 Å². The molecule has 1 aromatic carbocycles. The molecular weight excluding hydrogens is 148 g/mol. The van der Waals surface area contributed by atoms with Gasteiger partial charge in [-0.3, -0.25) is 0 Å². The molecule has 0 atom stereocenters. The van der Waals surface area contributed by atoms with Crippen LogP contribution >= 0.6 is 0 Å². The zero-order valence-corrected chi connectivity index (χ0v) is 7.29. The van der Waals surface area contributed by atoms with Crippen molar-refractivity contribution in [3.05, 3.63) is 36.1 Å². The average Bonchev–Trinajstić information content (AvgIpc) is 2.46. The summed E-state index contributed by atoms with van der Waals surface area (Å²) in [6.07, 6.45) is 1.79. The van der Waals surface area contributed by atoms with Crippen molar-refractivity contribution in [1.29, 1.82) is 0 Å². The van der Waals surface area contributed by atoms with Crippen molar-refractivity contribution in [1.82, 2.24) is 0 Å². The second kappa shape index (κ2) is 2.67. The molecule has 0 aliphatic rings. The second-order valence-corrected chi connectivity index (χ2v) is 3.27. The van der Waals surface area contributed by atoms with Gasteiger partial charge in [0.1, 0.15) is 5.58 Å². The lowest BCUT2D eigenvalue weighted by molar-refractivity contribution is 0.606. The standard InChI is InChI=1S/C11H12O/c1-8(2)10-7-12-11-6-4-3-5-9(10)11/h3-8H,1-2H3/i3T. The summed E-state index contributed by atoms with van der Waals surface area (Å²) in [5.41, 5.74) is 2.06. The van der Waals surface area contributed by atoms with E-state index in [4.69, 9.17) is 5.79 Å². The molecule has 0 saturated carbocycles. The summed E-state index contributed by atoms with van der Waals surface area (Å²) < 4.78 is 12.9. The number of hydrogen-bond acceptors (Lipinski definition) is 1. The van der Waals surface area contributed by atoms with Gasteiger partial charge in [-0.1, -0.05) is 32.0 Å². The van der Waals surface area contributed by atoms with Crippen molar-refractivity contribution in [3.63, 3.8) is 0 Å². The van der Waals surface area contributed by atoms with Gasteiger partial charge in [-0.05, 0) is 12.0 Å². The van der Waals surface area contributed by atoms with Crippen LogP contribution in [-0.4, -0.2) is 0 Å². The predicted molar refractivity (Wildman–Crippen MR) is 50.3 cm³/mol. The topological polar surface area (TPSA) is 13.1 Å². The largest absolute Gasteiger partial charge is 0.464 e. The molecule has 0 radical (unpaired) electrons. The Bertz CT molecular complexity index is 429. The molecule has 0 aliphatic carbocycles. The number of hydrogen-bond donors (Lipinski definition) is 0. The van der Waals surface area contributed by atoms with Gasteiger partial charge in [-0.25, -0.2) is 0 Å². The van der Waals surface area contributed by atoms with Crippen LogP contribution in [0.1, 0.15) is 26.7 Å². The minimum absolute atomic E-state index is 0.447. The number of furan rings is 1. The molecule has 0 amide bonds. The first-order valence-electron chi connectivity index (χ1n) is 4.66. The molecule has 0 bridgehead atoms. The van der Waals surface area contributed by atoms with Crippen LogP contribution in [0.15, 0.2) is 34.9 Å². The fourth-order valence-electron chi connectivity index (χ4n) is 1.38. The highest BCUT2D eigenvalue weighted by molar-refractivity contribution is 5.81. The van der Waals surface area contributed by atoms with Gasteiger partial charge in [0.2, 0.25) is 0 Å². The maximum Gasteiger partial charge on any atom is 0.134 e. The Kier molecular flexibility index (Phi) is 1.40. The Hall–Kier alpha value is -1.24. The van der Waals surface area contributed by atoms with Crippen LogP contribution in [0.4, 0.5) is 0 Å². The Balaban J connectivity index is 2.71. The third-order valence-corrected chi connectivity index (χ3v) is 2.07. The highest BCUT2D eigenvalue weighted by atomic mass is 16.3. The summed E-state index contributed by atoms with van der Waals surface area (Å²) in [7, 11) is 0. The number of rotatable bonds is 1. The van der Waals surface area contributed by atoms with Crippen molar-refractivity contribution in [3.8, 4) is 0 Å². The summed E-state index contributed by atoms with van der Waals surface area (Å²) in [6.45, 7) is 4.25. The summed E-state index contributed by atoms with van der Waals surface area (Å²) in [5.74, 6) is 0.447. The van der Waals surface area contributed by atoms with E-state index >= 15 is 0 Å². The molecule has 0 spiro atoms. The van der Waals surface area contributed by atoms with E-state index in [0.29, 0.717) is 12.0 Å². The minimum Gasteiger partial charge on any atom is -0.464 e. The van der Waals surface area contributed by atoms with E-state index in [1.54, 1.807) is 12.3 Å². The van der Waals surface area contributed by atoms with E-state index in [9.17, 15) is 0 Å². The zero-order chi connectivity index (χ0) is 9.42. The van der Waals surface area contributed by atoms with Crippen LogP contribution in [0.2, 0.25) is 0 Å². The smallest absolute Gasteiger partial charge is 0.134 e. The molecule has 0 aliphatic heterocycles. The first kappa shape index (κ1) is 6.30. The van der Waals surface area contributed by atoms with Gasteiger partial charge in [0, 0.05) is 10.9 Å². The van der Waals surface area contributed by atoms with E-state index in [1.165, 1.54) is 5.56 Å². The zero-order valence-electron chi connectivity index (χ0n) is 8.29. The SMILES string of the molecule is [3H]c1ccc2occ(C(C)C)c2c1. The lowest BCUT2D eigenvalue weighted by Crippen LogP contribution is -1.82. The Labute approximate surface area is 73.4 Å². The van der Waals surface area contributed by atoms with Crippen LogP contribution in [-0.2, 0) is 0 Å². The molecule has 62 valence electrons. The monoisotopic (exact) mass is 162 g/mol. The molecular formula is C11H12O. The number of fused-ring (bicyclic) bond motifs is 1. The fraction of sp³-hybridized carbons (Fsp3) is 0.273. The van der Waals surface area contributed by atoms with Gasteiger partial charge >= 0.3 is 0 Å². The molecule has 0 unspecified atom stereocenters. The molecule has 1 heteroatoms. The highest BCUT2D eigenvalue weighted by Gasteiger charge is 2.07. The average molecular weight is 162 g/mol. The van der Waals surface area contributed by atoms with Gasteiger partial charge in [0.15, 0.2) is 0 Å². The third-order valence-electron chi connectivity index (χ3n) is 2.07. The van der Waals surface area contributed by atoms with Crippen LogP contribution in [0.3, 0.4) is 0 Å². The first-order chi connectivity index (χ1) is 6.18. The molecule has 2 rings (SSSR count). The number of benzene rings is 1. The molecule has 2 aromatic rings. The van der Waals surface area contributed by atoms with E-state index in [2.05, 4.69) is 13.8 Å². The fourth-order valence-corrected chi connectivity index (χ4v) is 1.38. The van der Waals surface area contributed by atoms with E-state index in [-0.39, 0.29) is 0 Å². The second-order valence-electron chi connectivity index (χ2n) is 3.27. The maximum atomic E-state index is 7.51. The first-order valence-corrected chi connectivity index (χ1v) is 4.16. The molecule has 12 heavy (non-hydrogen) atoms. The van der Waals surface area contributed by atoms with Gasteiger partial charge in [0.05, 0.1) is 7.63 Å². The molecule has 0 fully saturated rings. The molecule has 1 aromatic heterocycles. The molecule has 1 heterocycles. The normalized spacial score (nSPS) is 12.4. The predicted octanol–water partition coefficient (Wildman–Crippen LogP) is 3.56. The van der Waals surface area contributed by atoms with Crippen molar-refractivity contribution in [2.75, 3.05) is 0 Å². The lowest BCUT2D eigenvalue weighted by Gasteiger charge is -1.99. The van der Waals surface area contributed by atoms with E-state index in [0.717, 1.165) is 11.0 Å². The Morgan fingerprint density at radius 3 is 3.00 bits per heavy atom. The quantitative estimate of drug-likeness (QED) is 0.625. The van der Waals surface area contributed by atoms with Crippen LogP contribution in [0.25, 0.3) is 11.0 Å².